The van der Waals surface area contributed by atoms with E-state index in [9.17, 15) is 30.0 Å². The Morgan fingerprint density at radius 1 is 1.00 bits per heavy atom. The van der Waals surface area contributed by atoms with Gasteiger partial charge in [-0.05, 0) is 67.6 Å². The maximum absolute atomic E-state index is 16.5. The Kier molecular flexibility index (Phi) is 9.87. The molecule has 1 heterocycles. The maximum Gasteiger partial charge on any atom is 0.433 e. The van der Waals surface area contributed by atoms with Crippen LogP contribution >= 0.6 is 23.2 Å². The second kappa shape index (κ2) is 12.8. The topological polar surface area (TPSA) is 109 Å². The highest BCUT2D eigenvalue weighted by atomic mass is 35.5. The van der Waals surface area contributed by atoms with Crippen molar-refractivity contribution in [2.75, 3.05) is 0 Å². The van der Waals surface area contributed by atoms with Crippen LogP contribution in [0.15, 0.2) is 81.8 Å². The van der Waals surface area contributed by atoms with Crippen LogP contribution in [0, 0.1) is 25.2 Å². The van der Waals surface area contributed by atoms with Crippen molar-refractivity contribution < 1.29 is 38.8 Å². The number of nitrogens with one attached hydrogen (secondary N) is 1. The number of halogens is 7. The molecule has 1 aliphatic carbocycles. The fourth-order valence-corrected chi connectivity index (χ4v) is 7.19. The molecule has 45 heavy (non-hydrogen) atoms. The van der Waals surface area contributed by atoms with Crippen molar-refractivity contribution in [3.8, 4) is 12.3 Å². The molecule has 0 saturated heterocycles. The number of nitrogens with zero attached hydrogens (tertiary/aromatic N) is 3. The van der Waals surface area contributed by atoms with Gasteiger partial charge in [-0.25, -0.2) is 8.42 Å². The summed E-state index contributed by atoms with van der Waals surface area (Å²) in [7, 11) is -9.65. The van der Waals surface area contributed by atoms with Crippen LogP contribution in [0.5, 0.6) is 0 Å². The number of alkyl halides is 5. The lowest BCUT2D eigenvalue weighted by molar-refractivity contribution is -0.141. The lowest BCUT2D eigenvalue weighted by Crippen LogP contribution is -2.52. The Balaban J connectivity index is 1.87. The maximum atomic E-state index is 16.5. The molecule has 240 valence electrons. The van der Waals surface area contributed by atoms with Crippen LogP contribution < -0.4 is 4.83 Å². The van der Waals surface area contributed by atoms with Crippen LogP contribution in [0.1, 0.15) is 35.7 Å². The van der Waals surface area contributed by atoms with Crippen LogP contribution in [0.25, 0.3) is 0 Å². The number of pyridine rings is 1. The van der Waals surface area contributed by atoms with Gasteiger partial charge in [0.1, 0.15) is 16.6 Å². The highest BCUT2D eigenvalue weighted by molar-refractivity contribution is 7.89. The molecule has 0 radical (unpaired) electrons. The molecule has 2 aromatic carbocycles. The standard InChI is InChI=1S/C28H23Cl2F5N4O4S2/c1-3-23(18-6-7-18)39(45(42,43)22-14-15-24(36-16-22)28(33,34)35)25(19-8-10-20(29)11-9-19)27(31,32)26(30)37-38-44(40,41)21-12-4-17(2)5-13-21/h1,4-5,8-16,18,23,25,38H,6-7H2,2H3/b37-26+/t23?,25-/m0/s1. The van der Waals surface area contributed by atoms with Gasteiger partial charge in [0.05, 0.1) is 10.9 Å². The zero-order valence-corrected chi connectivity index (χ0v) is 26.2. The molecule has 2 atom stereocenters. The number of terminal acetylenes is 1. The lowest BCUT2D eigenvalue weighted by Gasteiger charge is -2.38. The molecular formula is C28H23Cl2F5N4O4S2. The number of benzene rings is 2. The molecule has 1 N–H and O–H groups in total. The smallest absolute Gasteiger partial charge is 0.250 e. The Hall–Kier alpha value is -3.29. The van der Waals surface area contributed by atoms with E-state index in [1.54, 1.807) is 11.8 Å². The second-order valence-corrected chi connectivity index (χ2v) is 14.3. The first-order chi connectivity index (χ1) is 20.9. The largest absolute Gasteiger partial charge is 0.433 e. The number of hydrogen-bond acceptors (Lipinski definition) is 6. The first kappa shape index (κ1) is 34.6. The summed E-state index contributed by atoms with van der Waals surface area (Å²) in [6, 6.07) is 6.72. The number of rotatable bonds is 11. The normalized spacial score (nSPS) is 16.2. The third-order valence-corrected chi connectivity index (χ3v) is 10.4. The molecule has 0 spiro atoms. The fraction of sp³-hybridized carbons (Fsp3) is 0.286. The summed E-state index contributed by atoms with van der Waals surface area (Å²) in [6.45, 7) is 1.70. The highest BCUT2D eigenvalue weighted by Gasteiger charge is 2.56. The number of aromatic nitrogens is 1. The minimum atomic E-state index is -5.15. The molecule has 3 aromatic rings. The minimum absolute atomic E-state index is 0.100. The van der Waals surface area contributed by atoms with E-state index < -0.39 is 65.9 Å². The number of aryl methyl sites for hydroxylation is 1. The molecule has 0 bridgehead atoms. The number of hydrogen-bond donors (Lipinski definition) is 1. The average Bonchev–Trinajstić information content (AvgIpc) is 3.82. The van der Waals surface area contributed by atoms with Crippen molar-refractivity contribution in [3.63, 3.8) is 0 Å². The summed E-state index contributed by atoms with van der Waals surface area (Å²) >= 11 is 11.9. The van der Waals surface area contributed by atoms with E-state index in [-0.39, 0.29) is 19.8 Å². The third kappa shape index (κ3) is 7.58. The fourth-order valence-electron chi connectivity index (χ4n) is 4.32. The van der Waals surface area contributed by atoms with Gasteiger partial charge >= 0.3 is 12.1 Å². The molecule has 0 aliphatic heterocycles. The van der Waals surface area contributed by atoms with Crippen molar-refractivity contribution in [2.24, 2.45) is 11.0 Å². The molecule has 8 nitrogen and oxygen atoms in total. The Morgan fingerprint density at radius 3 is 2.07 bits per heavy atom. The second-order valence-electron chi connectivity index (χ2n) is 10.0. The van der Waals surface area contributed by atoms with Crippen molar-refractivity contribution in [2.45, 2.75) is 53.7 Å². The molecular weight excluding hydrogens is 686 g/mol. The van der Waals surface area contributed by atoms with Crippen LogP contribution in [0.3, 0.4) is 0 Å². The SMILES string of the molecule is C#CC(C1CC1)N([C@@H](c1ccc(Cl)cc1)C(F)(F)/C(Cl)=N\NS(=O)(=O)c1ccc(C)cc1)S(=O)(=O)c1ccc(C(F)(F)F)nc1. The van der Waals surface area contributed by atoms with Crippen LogP contribution in [0.2, 0.25) is 5.02 Å². The Bertz CT molecular complexity index is 1830. The van der Waals surface area contributed by atoms with Gasteiger partial charge in [0.15, 0.2) is 5.17 Å². The van der Waals surface area contributed by atoms with Gasteiger partial charge in [-0.1, -0.05) is 59.0 Å². The van der Waals surface area contributed by atoms with Crippen molar-refractivity contribution in [1.29, 1.82) is 0 Å². The number of sulfonamides is 2. The van der Waals surface area contributed by atoms with Crippen LogP contribution in [0.4, 0.5) is 22.0 Å². The van der Waals surface area contributed by atoms with Gasteiger partial charge in [-0.15, -0.1) is 6.42 Å². The number of hydrazone groups is 1. The van der Waals surface area contributed by atoms with Crippen LogP contribution in [-0.2, 0) is 26.2 Å². The monoisotopic (exact) mass is 708 g/mol. The van der Waals surface area contributed by atoms with Gasteiger partial charge in [0, 0.05) is 11.2 Å². The van der Waals surface area contributed by atoms with E-state index in [0.717, 1.165) is 17.7 Å². The van der Waals surface area contributed by atoms with E-state index in [1.807, 2.05) is 0 Å². The first-order valence-corrected chi connectivity index (χ1v) is 16.6. The Labute approximate surface area is 266 Å². The van der Waals surface area contributed by atoms with Gasteiger partial charge in [-0.3, -0.25) is 4.98 Å². The summed E-state index contributed by atoms with van der Waals surface area (Å²) in [5.74, 6) is -2.85. The molecule has 1 unspecified atom stereocenters. The molecule has 1 saturated carbocycles. The summed E-state index contributed by atoms with van der Waals surface area (Å²) in [5.41, 5.74) is -1.08. The summed E-state index contributed by atoms with van der Waals surface area (Å²) in [5, 5.41) is 1.65. The summed E-state index contributed by atoms with van der Waals surface area (Å²) in [4.78, 5) is 3.61. The molecule has 4 rings (SSSR count). The van der Waals surface area contributed by atoms with Gasteiger partial charge in [-0.2, -0.15) is 44.6 Å². The third-order valence-electron chi connectivity index (χ3n) is 6.77. The minimum Gasteiger partial charge on any atom is -0.250 e. The van der Waals surface area contributed by atoms with Gasteiger partial charge in [0.2, 0.25) is 10.0 Å². The zero-order chi connectivity index (χ0) is 33.4. The average molecular weight is 710 g/mol. The predicted molar refractivity (Wildman–Crippen MR) is 158 cm³/mol. The predicted octanol–water partition coefficient (Wildman–Crippen LogP) is 6.37. The highest BCUT2D eigenvalue weighted by Crippen LogP contribution is 2.47. The molecule has 1 aliphatic rings. The van der Waals surface area contributed by atoms with Crippen molar-refractivity contribution in [1.82, 2.24) is 14.1 Å². The van der Waals surface area contributed by atoms with Gasteiger partial charge < -0.3 is 0 Å². The first-order valence-electron chi connectivity index (χ1n) is 12.9. The molecule has 0 amide bonds. The lowest BCUT2D eigenvalue weighted by atomic mass is 9.98. The quantitative estimate of drug-likeness (QED) is 0.108. The van der Waals surface area contributed by atoms with E-state index in [0.29, 0.717) is 31.2 Å². The van der Waals surface area contributed by atoms with E-state index in [4.69, 9.17) is 29.6 Å². The summed E-state index contributed by atoms with van der Waals surface area (Å²) < 4.78 is 126. The molecule has 1 aromatic heterocycles. The van der Waals surface area contributed by atoms with E-state index in [2.05, 4.69) is 16.0 Å². The molecule has 17 heteroatoms. The van der Waals surface area contributed by atoms with E-state index in [1.165, 1.54) is 36.4 Å². The molecule has 1 fully saturated rings. The van der Waals surface area contributed by atoms with Gasteiger partial charge in [0.25, 0.3) is 10.0 Å². The van der Waals surface area contributed by atoms with Crippen molar-refractivity contribution in [3.05, 3.63) is 88.7 Å². The Morgan fingerprint density at radius 2 is 1.58 bits per heavy atom. The zero-order valence-electron chi connectivity index (χ0n) is 23.0. The van der Waals surface area contributed by atoms with E-state index >= 15 is 8.78 Å². The van der Waals surface area contributed by atoms with Crippen molar-refractivity contribution >= 4 is 48.4 Å². The summed E-state index contributed by atoms with van der Waals surface area (Å²) in [6.07, 6.45) is 1.88. The van der Waals surface area contributed by atoms with Crippen LogP contribution in [-0.4, -0.2) is 43.3 Å².